The third-order valence-corrected chi connectivity index (χ3v) is 4.38. The first kappa shape index (κ1) is 10.4. The fraction of sp³-hybridized carbons (Fsp3) is 1.00. The van der Waals surface area contributed by atoms with Crippen molar-refractivity contribution in [3.05, 3.63) is 0 Å². The Morgan fingerprint density at radius 3 is 2.29 bits per heavy atom. The molecular formula is C12H24N2. The smallest absolute Gasteiger partial charge is 0.0337 e. The highest BCUT2D eigenvalue weighted by Gasteiger charge is 2.48. The van der Waals surface area contributed by atoms with E-state index in [1.807, 2.05) is 0 Å². The summed E-state index contributed by atoms with van der Waals surface area (Å²) in [5, 5.41) is 0. The van der Waals surface area contributed by atoms with Crippen LogP contribution in [0.5, 0.6) is 0 Å². The highest BCUT2D eigenvalue weighted by Crippen LogP contribution is 2.46. The van der Waals surface area contributed by atoms with E-state index >= 15 is 0 Å². The van der Waals surface area contributed by atoms with Gasteiger partial charge in [-0.05, 0) is 50.6 Å². The van der Waals surface area contributed by atoms with Crippen LogP contribution in [-0.2, 0) is 0 Å². The lowest BCUT2D eigenvalue weighted by atomic mass is 9.63. The molecule has 2 nitrogen and oxygen atoms in total. The predicted molar refractivity (Wildman–Crippen MR) is 60.2 cm³/mol. The second-order valence-corrected chi connectivity index (χ2v) is 5.53. The monoisotopic (exact) mass is 196 g/mol. The topological polar surface area (TPSA) is 29.3 Å². The summed E-state index contributed by atoms with van der Waals surface area (Å²) in [6.07, 6.45) is 5.46. The van der Waals surface area contributed by atoms with Gasteiger partial charge in [-0.1, -0.05) is 13.8 Å². The van der Waals surface area contributed by atoms with Crippen LogP contribution in [0.15, 0.2) is 0 Å². The largest absolute Gasteiger partial charge is 0.329 e. The SMILES string of the molecule is CC(C)C1CC(CN)(N2CCCC2)C1. The van der Waals surface area contributed by atoms with Crippen molar-refractivity contribution < 1.29 is 0 Å². The Bertz CT molecular complexity index is 188. The van der Waals surface area contributed by atoms with Crippen molar-refractivity contribution in [3.8, 4) is 0 Å². The van der Waals surface area contributed by atoms with Gasteiger partial charge in [0.2, 0.25) is 0 Å². The lowest BCUT2D eigenvalue weighted by Crippen LogP contribution is -2.61. The molecule has 0 aromatic heterocycles. The van der Waals surface area contributed by atoms with Crippen molar-refractivity contribution >= 4 is 0 Å². The molecule has 2 aliphatic rings. The number of likely N-dealkylation sites (tertiary alicyclic amines) is 1. The minimum Gasteiger partial charge on any atom is -0.329 e. The van der Waals surface area contributed by atoms with Crippen LogP contribution in [0.1, 0.15) is 39.5 Å². The molecule has 0 bridgehead atoms. The summed E-state index contributed by atoms with van der Waals surface area (Å²) in [5.74, 6) is 1.77. The maximum Gasteiger partial charge on any atom is 0.0337 e. The van der Waals surface area contributed by atoms with Gasteiger partial charge in [0.1, 0.15) is 0 Å². The lowest BCUT2D eigenvalue weighted by molar-refractivity contribution is -0.0212. The number of hydrogen-bond donors (Lipinski definition) is 1. The molecule has 14 heavy (non-hydrogen) atoms. The molecule has 1 saturated carbocycles. The Kier molecular flexibility index (Phi) is 2.85. The average molecular weight is 196 g/mol. The van der Waals surface area contributed by atoms with Gasteiger partial charge < -0.3 is 5.73 Å². The number of rotatable bonds is 3. The van der Waals surface area contributed by atoms with E-state index in [-0.39, 0.29) is 0 Å². The van der Waals surface area contributed by atoms with E-state index in [0.29, 0.717) is 5.54 Å². The minimum absolute atomic E-state index is 0.408. The number of hydrogen-bond acceptors (Lipinski definition) is 2. The highest BCUT2D eigenvalue weighted by atomic mass is 15.2. The van der Waals surface area contributed by atoms with Gasteiger partial charge in [-0.3, -0.25) is 4.90 Å². The van der Waals surface area contributed by atoms with Crippen LogP contribution in [0.3, 0.4) is 0 Å². The summed E-state index contributed by atoms with van der Waals surface area (Å²) < 4.78 is 0. The van der Waals surface area contributed by atoms with Crippen molar-refractivity contribution in [1.82, 2.24) is 4.90 Å². The molecule has 1 heterocycles. The van der Waals surface area contributed by atoms with E-state index in [0.717, 1.165) is 18.4 Å². The fourth-order valence-corrected chi connectivity index (χ4v) is 3.13. The fourth-order valence-electron chi connectivity index (χ4n) is 3.13. The van der Waals surface area contributed by atoms with Crippen molar-refractivity contribution in [2.24, 2.45) is 17.6 Å². The molecule has 0 spiro atoms. The zero-order chi connectivity index (χ0) is 10.2. The summed E-state index contributed by atoms with van der Waals surface area (Å²) >= 11 is 0. The van der Waals surface area contributed by atoms with E-state index in [9.17, 15) is 0 Å². The first-order chi connectivity index (χ1) is 6.68. The maximum absolute atomic E-state index is 5.97. The number of nitrogens with zero attached hydrogens (tertiary/aromatic N) is 1. The van der Waals surface area contributed by atoms with Gasteiger partial charge in [0.25, 0.3) is 0 Å². The molecule has 0 aromatic carbocycles. The van der Waals surface area contributed by atoms with Gasteiger partial charge in [0.05, 0.1) is 0 Å². The molecule has 2 fully saturated rings. The average Bonchev–Trinajstić information content (AvgIpc) is 2.56. The molecule has 82 valence electrons. The van der Waals surface area contributed by atoms with E-state index in [2.05, 4.69) is 18.7 Å². The standard InChI is InChI=1S/C12H24N2/c1-10(2)11-7-12(8-11,9-13)14-5-3-4-6-14/h10-11H,3-9,13H2,1-2H3. The van der Waals surface area contributed by atoms with Crippen molar-refractivity contribution in [1.29, 1.82) is 0 Å². The third kappa shape index (κ3) is 1.59. The Hall–Kier alpha value is -0.0800. The molecule has 0 radical (unpaired) electrons. The summed E-state index contributed by atoms with van der Waals surface area (Å²) in [5.41, 5.74) is 6.38. The Labute approximate surface area is 87.8 Å². The van der Waals surface area contributed by atoms with Gasteiger partial charge in [-0.2, -0.15) is 0 Å². The quantitative estimate of drug-likeness (QED) is 0.746. The molecule has 2 rings (SSSR count). The summed E-state index contributed by atoms with van der Waals surface area (Å²) in [6.45, 7) is 8.14. The van der Waals surface area contributed by atoms with Crippen LogP contribution >= 0.6 is 0 Å². The molecule has 0 unspecified atom stereocenters. The Balaban J connectivity index is 1.93. The van der Waals surface area contributed by atoms with Crippen LogP contribution in [0.25, 0.3) is 0 Å². The van der Waals surface area contributed by atoms with Gasteiger partial charge in [-0.15, -0.1) is 0 Å². The zero-order valence-electron chi connectivity index (χ0n) is 9.63. The summed E-state index contributed by atoms with van der Waals surface area (Å²) in [4.78, 5) is 2.66. The van der Waals surface area contributed by atoms with Crippen LogP contribution in [0.2, 0.25) is 0 Å². The van der Waals surface area contributed by atoms with Gasteiger partial charge in [0.15, 0.2) is 0 Å². The van der Waals surface area contributed by atoms with Gasteiger partial charge in [-0.25, -0.2) is 0 Å². The zero-order valence-corrected chi connectivity index (χ0v) is 9.63. The second-order valence-electron chi connectivity index (χ2n) is 5.53. The second kappa shape index (κ2) is 3.82. The van der Waals surface area contributed by atoms with Gasteiger partial charge in [0, 0.05) is 12.1 Å². The maximum atomic E-state index is 5.97. The molecule has 0 aromatic rings. The van der Waals surface area contributed by atoms with E-state index in [1.54, 1.807) is 0 Å². The Morgan fingerprint density at radius 2 is 1.86 bits per heavy atom. The summed E-state index contributed by atoms with van der Waals surface area (Å²) in [7, 11) is 0. The molecule has 0 atom stereocenters. The molecular weight excluding hydrogens is 172 g/mol. The third-order valence-electron chi connectivity index (χ3n) is 4.38. The first-order valence-electron chi connectivity index (χ1n) is 6.13. The first-order valence-corrected chi connectivity index (χ1v) is 6.13. The van der Waals surface area contributed by atoms with Crippen LogP contribution in [0.4, 0.5) is 0 Å². The molecule has 0 amide bonds. The molecule has 1 aliphatic carbocycles. The normalized spacial score (nSPS) is 39.0. The van der Waals surface area contributed by atoms with E-state index in [1.165, 1.54) is 38.8 Å². The Morgan fingerprint density at radius 1 is 1.29 bits per heavy atom. The van der Waals surface area contributed by atoms with Crippen LogP contribution in [0, 0.1) is 11.8 Å². The van der Waals surface area contributed by atoms with Gasteiger partial charge >= 0.3 is 0 Å². The van der Waals surface area contributed by atoms with Crippen molar-refractivity contribution in [3.63, 3.8) is 0 Å². The van der Waals surface area contributed by atoms with E-state index < -0.39 is 0 Å². The van der Waals surface area contributed by atoms with Crippen molar-refractivity contribution in [2.75, 3.05) is 19.6 Å². The van der Waals surface area contributed by atoms with Crippen LogP contribution in [-0.4, -0.2) is 30.1 Å². The lowest BCUT2D eigenvalue weighted by Gasteiger charge is -2.54. The minimum atomic E-state index is 0.408. The predicted octanol–water partition coefficient (Wildman–Crippen LogP) is 1.85. The van der Waals surface area contributed by atoms with E-state index in [4.69, 9.17) is 5.73 Å². The molecule has 2 heteroatoms. The highest BCUT2D eigenvalue weighted by molar-refractivity contribution is 5.04. The summed E-state index contributed by atoms with van der Waals surface area (Å²) in [6, 6.07) is 0. The van der Waals surface area contributed by atoms with Crippen molar-refractivity contribution in [2.45, 2.75) is 45.1 Å². The molecule has 2 N–H and O–H groups in total. The molecule has 1 saturated heterocycles. The molecule has 1 aliphatic heterocycles. The van der Waals surface area contributed by atoms with Crippen LogP contribution < -0.4 is 5.73 Å². The number of nitrogens with two attached hydrogens (primary N) is 1.